The molecule has 0 aromatic heterocycles. The van der Waals surface area contributed by atoms with Crippen molar-refractivity contribution in [3.63, 3.8) is 0 Å². The van der Waals surface area contributed by atoms with E-state index in [4.69, 9.17) is 0 Å². The highest BCUT2D eigenvalue weighted by Crippen LogP contribution is 2.22. The Hall–Kier alpha value is -0.780. The van der Waals surface area contributed by atoms with Gasteiger partial charge in [-0.15, -0.1) is 0 Å². The first-order valence-electron chi connectivity index (χ1n) is 4.41. The van der Waals surface area contributed by atoms with E-state index >= 15 is 0 Å². The Balaban J connectivity index is 3.27. The maximum atomic E-state index is 2.22. The Morgan fingerprint density at radius 3 is 2.00 bits per heavy atom. The molecule has 1 radical (unpaired) electrons. The minimum absolute atomic E-state index is 1.39. The van der Waals surface area contributed by atoms with Gasteiger partial charge >= 0.3 is 0 Å². The number of hydrogen-bond donors (Lipinski definition) is 0. The van der Waals surface area contributed by atoms with Gasteiger partial charge in [-0.2, -0.15) is 0 Å². The smallest absolute Gasteiger partial charge is 0.000923 e. The molecule has 65 valence electrons. The molecular formula is C12H17. The molecule has 0 spiro atoms. The van der Waals surface area contributed by atoms with Gasteiger partial charge in [-0.1, -0.05) is 26.0 Å². The highest BCUT2D eigenvalue weighted by molar-refractivity contribution is 5.44. The first kappa shape index (κ1) is 9.31. The molecular weight excluding hydrogens is 144 g/mol. The van der Waals surface area contributed by atoms with Crippen LogP contribution in [0, 0.1) is 26.7 Å². The summed E-state index contributed by atoms with van der Waals surface area (Å²) in [5.74, 6) is 1.40. The summed E-state index contributed by atoms with van der Waals surface area (Å²) in [4.78, 5) is 0. The third-order valence-corrected chi connectivity index (χ3v) is 2.60. The molecule has 0 heterocycles. The number of hydrogen-bond acceptors (Lipinski definition) is 0. The predicted octanol–water partition coefficient (Wildman–Crippen LogP) is 3.57. The van der Waals surface area contributed by atoms with Crippen molar-refractivity contribution < 1.29 is 0 Å². The molecule has 0 atom stereocenters. The first-order chi connectivity index (χ1) is 5.54. The fourth-order valence-corrected chi connectivity index (χ4v) is 1.50. The van der Waals surface area contributed by atoms with E-state index in [2.05, 4.69) is 46.8 Å². The van der Waals surface area contributed by atoms with Crippen LogP contribution in [0.1, 0.15) is 36.1 Å². The van der Waals surface area contributed by atoms with Crippen LogP contribution in [0.15, 0.2) is 12.1 Å². The molecule has 0 N–H and O–H groups in total. The summed E-state index contributed by atoms with van der Waals surface area (Å²) in [5, 5.41) is 0. The summed E-state index contributed by atoms with van der Waals surface area (Å²) in [7, 11) is 0. The van der Waals surface area contributed by atoms with Gasteiger partial charge in [-0.05, 0) is 48.9 Å². The maximum Gasteiger partial charge on any atom is -0.000923 e. The summed E-state index contributed by atoms with van der Waals surface area (Å²) in [5.41, 5.74) is 5.64. The molecule has 0 saturated carbocycles. The van der Waals surface area contributed by atoms with Gasteiger partial charge in [0.15, 0.2) is 0 Å². The van der Waals surface area contributed by atoms with Crippen molar-refractivity contribution in [3.8, 4) is 0 Å². The van der Waals surface area contributed by atoms with E-state index in [-0.39, 0.29) is 0 Å². The van der Waals surface area contributed by atoms with Crippen molar-refractivity contribution in [2.75, 3.05) is 0 Å². The van der Waals surface area contributed by atoms with Gasteiger partial charge in [-0.25, -0.2) is 0 Å². The van der Waals surface area contributed by atoms with E-state index in [1.165, 1.54) is 28.2 Å². The second-order valence-corrected chi connectivity index (χ2v) is 3.68. The van der Waals surface area contributed by atoms with Crippen LogP contribution >= 0.6 is 0 Å². The average Bonchev–Trinajstić information content (AvgIpc) is 2.00. The molecule has 1 aromatic rings. The van der Waals surface area contributed by atoms with Crippen LogP contribution in [0.25, 0.3) is 0 Å². The fraction of sp³-hybridized carbons (Fsp3) is 0.417. The lowest BCUT2D eigenvalue weighted by molar-refractivity contribution is 1.10. The third-order valence-electron chi connectivity index (χ3n) is 2.60. The quantitative estimate of drug-likeness (QED) is 0.590. The van der Waals surface area contributed by atoms with E-state index in [9.17, 15) is 0 Å². The van der Waals surface area contributed by atoms with Crippen molar-refractivity contribution in [1.29, 1.82) is 0 Å². The number of rotatable bonds is 1. The standard InChI is InChI=1S/C12H17/c1-8(2)12-7-6-9(3)10(4)11(12)5/h6-7H,1-5H3. The average molecular weight is 161 g/mol. The zero-order chi connectivity index (χ0) is 9.30. The monoisotopic (exact) mass is 161 g/mol. The fourth-order valence-electron chi connectivity index (χ4n) is 1.50. The lowest BCUT2D eigenvalue weighted by Crippen LogP contribution is -1.96. The summed E-state index contributed by atoms with van der Waals surface area (Å²) in [6, 6.07) is 4.41. The molecule has 0 aliphatic rings. The minimum Gasteiger partial charge on any atom is -0.0587 e. The van der Waals surface area contributed by atoms with E-state index in [1.54, 1.807) is 0 Å². The van der Waals surface area contributed by atoms with Crippen LogP contribution < -0.4 is 0 Å². The highest BCUT2D eigenvalue weighted by atomic mass is 14.1. The van der Waals surface area contributed by atoms with Crippen LogP contribution in [0.5, 0.6) is 0 Å². The third kappa shape index (κ3) is 1.52. The van der Waals surface area contributed by atoms with Gasteiger partial charge in [0.1, 0.15) is 0 Å². The summed E-state index contributed by atoms with van der Waals surface area (Å²) >= 11 is 0. The Kier molecular flexibility index (Phi) is 2.56. The van der Waals surface area contributed by atoms with Gasteiger partial charge < -0.3 is 0 Å². The first-order valence-corrected chi connectivity index (χ1v) is 4.41. The molecule has 12 heavy (non-hydrogen) atoms. The normalized spacial score (nSPS) is 10.8. The zero-order valence-electron chi connectivity index (χ0n) is 8.65. The van der Waals surface area contributed by atoms with Crippen LogP contribution in [0.4, 0.5) is 0 Å². The molecule has 0 fully saturated rings. The van der Waals surface area contributed by atoms with Gasteiger partial charge in [-0.3, -0.25) is 0 Å². The molecule has 0 unspecified atom stereocenters. The molecule has 0 aliphatic carbocycles. The summed E-state index contributed by atoms with van der Waals surface area (Å²) in [6.07, 6.45) is 0. The van der Waals surface area contributed by atoms with Crippen LogP contribution in [0.3, 0.4) is 0 Å². The lowest BCUT2D eigenvalue weighted by atomic mass is 9.92. The molecule has 1 rings (SSSR count). The topological polar surface area (TPSA) is 0 Å². The lowest BCUT2D eigenvalue weighted by Gasteiger charge is -2.13. The molecule has 0 saturated heterocycles. The van der Waals surface area contributed by atoms with Crippen molar-refractivity contribution >= 4 is 0 Å². The van der Waals surface area contributed by atoms with Crippen LogP contribution in [0.2, 0.25) is 0 Å². The minimum atomic E-state index is 1.39. The maximum absolute atomic E-state index is 2.22. The number of benzene rings is 1. The molecule has 0 aliphatic heterocycles. The molecule has 0 heteroatoms. The Bertz CT molecular complexity index is 282. The Labute approximate surface area is 75.6 Å². The van der Waals surface area contributed by atoms with Gasteiger partial charge in [0.05, 0.1) is 0 Å². The zero-order valence-corrected chi connectivity index (χ0v) is 8.65. The van der Waals surface area contributed by atoms with Crippen LogP contribution in [-0.2, 0) is 0 Å². The van der Waals surface area contributed by atoms with E-state index in [1.807, 2.05) is 0 Å². The van der Waals surface area contributed by atoms with Gasteiger partial charge in [0, 0.05) is 0 Å². The molecule has 0 amide bonds. The highest BCUT2D eigenvalue weighted by Gasteiger charge is 2.06. The number of aryl methyl sites for hydroxylation is 1. The van der Waals surface area contributed by atoms with Crippen molar-refractivity contribution in [2.45, 2.75) is 34.6 Å². The SMILES string of the molecule is C[C](C)c1ccc(C)c(C)c1C. The predicted molar refractivity (Wildman–Crippen MR) is 54.3 cm³/mol. The Morgan fingerprint density at radius 2 is 1.50 bits per heavy atom. The second-order valence-electron chi connectivity index (χ2n) is 3.68. The molecule has 1 aromatic carbocycles. The largest absolute Gasteiger partial charge is 0.0587 e. The summed E-state index contributed by atoms with van der Waals surface area (Å²) < 4.78 is 0. The van der Waals surface area contributed by atoms with Gasteiger partial charge in [0.25, 0.3) is 0 Å². The van der Waals surface area contributed by atoms with E-state index < -0.39 is 0 Å². The van der Waals surface area contributed by atoms with Crippen LogP contribution in [-0.4, -0.2) is 0 Å². The van der Waals surface area contributed by atoms with Crippen molar-refractivity contribution in [3.05, 3.63) is 40.3 Å². The van der Waals surface area contributed by atoms with E-state index in [0.29, 0.717) is 0 Å². The summed E-state index contributed by atoms with van der Waals surface area (Å²) in [6.45, 7) is 10.9. The van der Waals surface area contributed by atoms with Gasteiger partial charge in [0.2, 0.25) is 0 Å². The van der Waals surface area contributed by atoms with Crippen molar-refractivity contribution in [2.24, 2.45) is 0 Å². The van der Waals surface area contributed by atoms with Crippen molar-refractivity contribution in [1.82, 2.24) is 0 Å². The molecule has 0 nitrogen and oxygen atoms in total. The molecule has 0 bridgehead atoms. The van der Waals surface area contributed by atoms with E-state index in [0.717, 1.165) is 0 Å². The second kappa shape index (κ2) is 3.30. The Morgan fingerprint density at radius 1 is 0.917 bits per heavy atom.